The molecule has 0 bridgehead atoms. The van der Waals surface area contributed by atoms with Crippen molar-refractivity contribution in [1.29, 1.82) is 0 Å². The monoisotopic (exact) mass is 352 g/mol. The number of amides is 1. The van der Waals surface area contributed by atoms with E-state index < -0.39 is 16.7 Å². The first-order chi connectivity index (χ1) is 12.4. The van der Waals surface area contributed by atoms with Gasteiger partial charge in [-0.05, 0) is 42.3 Å². The Bertz CT molecular complexity index is 1130. The Morgan fingerprint density at radius 1 is 1.08 bits per heavy atom. The van der Waals surface area contributed by atoms with Crippen molar-refractivity contribution in [3.8, 4) is 16.9 Å². The molecule has 0 aliphatic carbocycles. The van der Waals surface area contributed by atoms with Crippen molar-refractivity contribution < 1.29 is 13.9 Å². The van der Waals surface area contributed by atoms with Crippen LogP contribution in [0.2, 0.25) is 0 Å². The number of ether oxygens (including phenoxy) is 1. The van der Waals surface area contributed by atoms with E-state index in [1.807, 2.05) is 0 Å². The van der Waals surface area contributed by atoms with Gasteiger partial charge in [-0.1, -0.05) is 12.1 Å². The summed E-state index contributed by atoms with van der Waals surface area (Å²) in [5, 5.41) is 5.48. The van der Waals surface area contributed by atoms with Gasteiger partial charge in [0.15, 0.2) is 6.61 Å². The van der Waals surface area contributed by atoms with Crippen LogP contribution in [0, 0.1) is 12.7 Å². The number of carbonyl (C=O) groups is 1. The number of halogens is 1. The maximum Gasteiger partial charge on any atom is 0.262 e. The zero-order chi connectivity index (χ0) is 18.4. The van der Waals surface area contributed by atoms with Crippen molar-refractivity contribution in [3.05, 3.63) is 68.2 Å². The second-order valence-corrected chi connectivity index (χ2v) is 6.05. The summed E-state index contributed by atoms with van der Waals surface area (Å²) in [4.78, 5) is 35.4. The Labute approximate surface area is 146 Å². The molecule has 0 atom stereocenters. The zero-order valence-corrected chi connectivity index (χ0v) is 13.7. The molecule has 0 unspecified atom stereocenters. The highest BCUT2D eigenvalue weighted by molar-refractivity contribution is 5.96. The van der Waals surface area contributed by atoms with Crippen molar-refractivity contribution in [2.75, 3.05) is 17.2 Å². The van der Waals surface area contributed by atoms with Crippen LogP contribution in [0.15, 0.2) is 46.0 Å². The van der Waals surface area contributed by atoms with E-state index in [4.69, 9.17) is 4.74 Å². The number of nitrogens with one attached hydrogen (secondary N) is 2. The molecule has 7 heteroatoms. The van der Waals surface area contributed by atoms with Crippen LogP contribution in [0.25, 0.3) is 11.1 Å². The fourth-order valence-corrected chi connectivity index (χ4v) is 2.83. The fraction of sp³-hybridized carbons (Fsp3) is 0.105. The van der Waals surface area contributed by atoms with Gasteiger partial charge in [0.25, 0.3) is 11.3 Å². The van der Waals surface area contributed by atoms with Crippen LogP contribution in [0.1, 0.15) is 5.56 Å². The summed E-state index contributed by atoms with van der Waals surface area (Å²) < 4.78 is 19.0. The summed E-state index contributed by atoms with van der Waals surface area (Å²) >= 11 is 0. The number of aryl methyl sites for hydroxylation is 1. The highest BCUT2D eigenvalue weighted by Crippen LogP contribution is 2.34. The number of hydrogen-bond donors (Lipinski definition) is 2. The van der Waals surface area contributed by atoms with Gasteiger partial charge in [0.2, 0.25) is 5.43 Å². The number of benzene rings is 2. The topological polar surface area (TPSA) is 84.5 Å². The lowest BCUT2D eigenvalue weighted by molar-refractivity contribution is -0.118. The van der Waals surface area contributed by atoms with Crippen molar-refractivity contribution >= 4 is 23.0 Å². The van der Waals surface area contributed by atoms with Gasteiger partial charge in [-0.25, -0.2) is 4.39 Å². The first-order valence-electron chi connectivity index (χ1n) is 7.87. The number of anilines is 3. The second kappa shape index (κ2) is 5.80. The fourth-order valence-electron chi connectivity index (χ4n) is 2.83. The molecule has 2 N–H and O–H groups in total. The highest BCUT2D eigenvalue weighted by atomic mass is 19.1. The summed E-state index contributed by atoms with van der Waals surface area (Å²) in [6, 6.07) is 9.29. The minimum absolute atomic E-state index is 0.109. The quantitative estimate of drug-likeness (QED) is 0.708. The van der Waals surface area contributed by atoms with Crippen LogP contribution in [-0.2, 0) is 4.79 Å². The lowest BCUT2D eigenvalue weighted by Gasteiger charge is -2.20. The molecular weight excluding hydrogens is 339 g/mol. The van der Waals surface area contributed by atoms with Crippen molar-refractivity contribution in [2.45, 2.75) is 6.92 Å². The van der Waals surface area contributed by atoms with Gasteiger partial charge in [0.1, 0.15) is 17.3 Å². The third kappa shape index (κ3) is 2.54. The van der Waals surface area contributed by atoms with Crippen LogP contribution in [-0.4, -0.2) is 12.5 Å². The van der Waals surface area contributed by atoms with Gasteiger partial charge < -0.3 is 15.4 Å². The summed E-state index contributed by atoms with van der Waals surface area (Å²) in [7, 11) is 0. The molecule has 1 heterocycles. The zero-order valence-electron chi connectivity index (χ0n) is 13.7. The molecular formula is C19H13FN2O4. The van der Waals surface area contributed by atoms with E-state index in [1.165, 1.54) is 6.07 Å². The van der Waals surface area contributed by atoms with Crippen LogP contribution in [0.4, 0.5) is 21.5 Å². The molecule has 3 aromatic rings. The smallest absolute Gasteiger partial charge is 0.262 e. The highest BCUT2D eigenvalue weighted by Gasteiger charge is 2.24. The molecule has 3 aromatic carbocycles. The molecule has 4 rings (SSSR count). The first kappa shape index (κ1) is 16.0. The third-order valence-electron chi connectivity index (χ3n) is 4.25. The van der Waals surface area contributed by atoms with Gasteiger partial charge >= 0.3 is 0 Å². The average Bonchev–Trinajstić information content (AvgIpc) is 2.63. The summed E-state index contributed by atoms with van der Waals surface area (Å²) in [6.07, 6.45) is 0. The van der Waals surface area contributed by atoms with Gasteiger partial charge in [0, 0.05) is 5.69 Å². The predicted octanol–water partition coefficient (Wildman–Crippen LogP) is 2.47. The third-order valence-corrected chi connectivity index (χ3v) is 4.25. The Morgan fingerprint density at radius 2 is 1.88 bits per heavy atom. The molecule has 26 heavy (non-hydrogen) atoms. The maximum atomic E-state index is 13.7. The van der Waals surface area contributed by atoms with Crippen LogP contribution >= 0.6 is 0 Å². The van der Waals surface area contributed by atoms with E-state index in [9.17, 15) is 18.8 Å². The van der Waals surface area contributed by atoms with E-state index in [1.54, 1.807) is 37.3 Å². The van der Waals surface area contributed by atoms with Crippen LogP contribution < -0.4 is 26.2 Å². The molecule has 130 valence electrons. The number of hydrogen-bond acceptors (Lipinski definition) is 5. The lowest BCUT2D eigenvalue weighted by Crippen LogP contribution is -2.35. The van der Waals surface area contributed by atoms with Gasteiger partial charge in [-0.2, -0.15) is 0 Å². The summed E-state index contributed by atoms with van der Waals surface area (Å²) in [5.74, 6) is -0.251. The minimum atomic E-state index is -0.659. The molecule has 0 saturated heterocycles. The van der Waals surface area contributed by atoms with Crippen molar-refractivity contribution in [3.63, 3.8) is 0 Å². The van der Waals surface area contributed by atoms with Gasteiger partial charge in [-0.15, -0.1) is 0 Å². The van der Waals surface area contributed by atoms with E-state index in [0.29, 0.717) is 28.3 Å². The average molecular weight is 352 g/mol. The molecule has 0 aromatic heterocycles. The van der Waals surface area contributed by atoms with Gasteiger partial charge in [0.05, 0.1) is 11.3 Å². The van der Waals surface area contributed by atoms with E-state index in [0.717, 1.165) is 0 Å². The van der Waals surface area contributed by atoms with Crippen LogP contribution in [0.5, 0.6) is 5.75 Å². The Morgan fingerprint density at radius 3 is 2.65 bits per heavy atom. The van der Waals surface area contributed by atoms with E-state index in [2.05, 4.69) is 10.6 Å². The van der Waals surface area contributed by atoms with Crippen molar-refractivity contribution in [2.24, 2.45) is 0 Å². The Kier molecular flexibility index (Phi) is 3.57. The minimum Gasteiger partial charge on any atom is -0.482 e. The molecule has 0 saturated carbocycles. The van der Waals surface area contributed by atoms with Crippen molar-refractivity contribution in [1.82, 2.24) is 0 Å². The van der Waals surface area contributed by atoms with E-state index in [-0.39, 0.29) is 23.8 Å². The number of carbonyl (C=O) groups excluding carboxylic acids is 1. The lowest BCUT2D eigenvalue weighted by atomic mass is 9.97. The molecule has 0 spiro atoms. The predicted molar refractivity (Wildman–Crippen MR) is 95.3 cm³/mol. The molecule has 1 aliphatic rings. The SMILES string of the molecule is Cc1ccc(Nc2c(-c3ccc4c(c3)OCC(=O)N4)c(=O)c2=O)cc1F. The maximum absolute atomic E-state index is 13.7. The number of fused-ring (bicyclic) bond motifs is 1. The number of rotatable bonds is 3. The second-order valence-electron chi connectivity index (χ2n) is 6.05. The van der Waals surface area contributed by atoms with Crippen LogP contribution in [0.3, 0.4) is 0 Å². The Balaban J connectivity index is 1.71. The molecule has 6 nitrogen and oxygen atoms in total. The molecule has 0 fully saturated rings. The standard InChI is InChI=1S/C19H13FN2O4/c1-9-2-4-11(7-12(9)20)21-17-16(18(24)19(17)25)10-3-5-13-14(6-10)26-8-15(23)22-13/h2-7,21H,8H2,1H3,(H,22,23). The summed E-state index contributed by atoms with van der Waals surface area (Å²) in [5.41, 5.74) is 0.876. The van der Waals surface area contributed by atoms with Gasteiger partial charge in [-0.3, -0.25) is 14.4 Å². The molecule has 1 aliphatic heterocycles. The van der Waals surface area contributed by atoms with E-state index >= 15 is 0 Å². The molecule has 0 radical (unpaired) electrons. The normalized spacial score (nSPS) is 13.1. The largest absolute Gasteiger partial charge is 0.482 e. The molecule has 1 amide bonds. The summed E-state index contributed by atoms with van der Waals surface area (Å²) in [6.45, 7) is 1.52. The first-order valence-corrected chi connectivity index (χ1v) is 7.87. The Hall–Kier alpha value is -3.48.